The van der Waals surface area contributed by atoms with Crippen molar-refractivity contribution in [3.05, 3.63) is 35.7 Å². The van der Waals surface area contributed by atoms with E-state index >= 15 is 0 Å². The Hall–Kier alpha value is -1.20. The minimum Gasteiger partial charge on any atom is -0.302 e. The molecule has 5 heteroatoms. The van der Waals surface area contributed by atoms with Crippen LogP contribution in [0, 0.1) is 5.82 Å². The molecule has 0 radical (unpaired) electrons. The molecule has 3 nitrogen and oxygen atoms in total. The van der Waals surface area contributed by atoms with Gasteiger partial charge in [0.25, 0.3) is 0 Å². The van der Waals surface area contributed by atoms with Crippen LogP contribution in [0.4, 0.5) is 4.39 Å². The van der Waals surface area contributed by atoms with Crippen molar-refractivity contribution in [3.63, 3.8) is 0 Å². The molecule has 0 bridgehead atoms. The Bertz CT molecular complexity index is 593. The summed E-state index contributed by atoms with van der Waals surface area (Å²) in [4.78, 5) is 1.90. The third-order valence-electron chi connectivity index (χ3n) is 3.12. The molecule has 0 saturated heterocycles. The molecule has 1 aliphatic heterocycles. The molecule has 0 spiro atoms. The van der Waals surface area contributed by atoms with Gasteiger partial charge in [0.1, 0.15) is 10.7 Å². The van der Waals surface area contributed by atoms with Gasteiger partial charge in [0.2, 0.25) is 0 Å². The van der Waals surface area contributed by atoms with Gasteiger partial charge in [-0.15, -0.1) is 0 Å². The van der Waals surface area contributed by atoms with E-state index in [9.17, 15) is 12.8 Å². The van der Waals surface area contributed by atoms with E-state index in [4.69, 9.17) is 0 Å². The van der Waals surface area contributed by atoms with Gasteiger partial charge in [0, 0.05) is 24.9 Å². The van der Waals surface area contributed by atoms with Crippen LogP contribution in [0.15, 0.2) is 29.2 Å². The monoisotopic (exact) mass is 269 g/mol. The Morgan fingerprint density at radius 1 is 1.33 bits per heavy atom. The lowest BCUT2D eigenvalue weighted by atomic mass is 9.99. The normalized spacial score (nSPS) is 17.6. The summed E-state index contributed by atoms with van der Waals surface area (Å²) < 4.78 is 37.2. The van der Waals surface area contributed by atoms with E-state index in [1.807, 2.05) is 13.1 Å². The van der Waals surface area contributed by atoms with Crippen molar-refractivity contribution in [1.82, 2.24) is 4.90 Å². The first kappa shape index (κ1) is 13.2. The molecular formula is C13H16FNO2S. The van der Waals surface area contributed by atoms with Crippen molar-refractivity contribution in [1.29, 1.82) is 0 Å². The van der Waals surface area contributed by atoms with E-state index in [1.165, 1.54) is 6.07 Å². The molecule has 0 aromatic heterocycles. The first-order chi connectivity index (χ1) is 8.39. The topological polar surface area (TPSA) is 37.4 Å². The average molecular weight is 269 g/mol. The second-order valence-corrected chi connectivity index (χ2v) is 6.62. The van der Waals surface area contributed by atoms with Crippen LogP contribution < -0.4 is 0 Å². The number of hydrogen-bond donors (Lipinski definition) is 0. The summed E-state index contributed by atoms with van der Waals surface area (Å²) >= 11 is 0. The quantitative estimate of drug-likeness (QED) is 0.823. The van der Waals surface area contributed by atoms with Crippen LogP contribution in [-0.4, -0.2) is 39.7 Å². The second kappa shape index (κ2) is 4.82. The standard InChI is InChI=1S/C13H16FNO2S/c1-15-8-6-10(7-9-15)11-4-3-5-12(13(11)14)18(2,16)17/h3-6H,7-9H2,1-2H3. The molecule has 0 saturated carbocycles. The first-order valence-electron chi connectivity index (χ1n) is 5.76. The van der Waals surface area contributed by atoms with Gasteiger partial charge >= 0.3 is 0 Å². The highest BCUT2D eigenvalue weighted by molar-refractivity contribution is 7.90. The van der Waals surface area contributed by atoms with E-state index in [0.29, 0.717) is 5.56 Å². The Labute approximate surface area is 107 Å². The number of benzene rings is 1. The predicted octanol–water partition coefficient (Wildman–Crippen LogP) is 1.95. The summed E-state index contributed by atoms with van der Waals surface area (Å²) in [6, 6.07) is 4.54. The molecule has 98 valence electrons. The maximum atomic E-state index is 14.2. The molecule has 1 heterocycles. The van der Waals surface area contributed by atoms with Crippen LogP contribution in [0.2, 0.25) is 0 Å². The van der Waals surface area contributed by atoms with Crippen LogP contribution in [-0.2, 0) is 9.84 Å². The third-order valence-corrected chi connectivity index (χ3v) is 4.24. The van der Waals surface area contributed by atoms with Gasteiger partial charge in [-0.25, -0.2) is 12.8 Å². The second-order valence-electron chi connectivity index (χ2n) is 4.63. The SMILES string of the molecule is CN1CC=C(c2cccc(S(C)(=O)=O)c2F)CC1. The molecule has 0 atom stereocenters. The molecule has 0 unspecified atom stereocenters. The largest absolute Gasteiger partial charge is 0.302 e. The van der Waals surface area contributed by atoms with Crippen LogP contribution in [0.1, 0.15) is 12.0 Å². The fourth-order valence-electron chi connectivity index (χ4n) is 2.06. The maximum absolute atomic E-state index is 14.2. The zero-order chi connectivity index (χ0) is 13.3. The zero-order valence-electron chi connectivity index (χ0n) is 10.5. The summed E-state index contributed by atoms with van der Waals surface area (Å²) in [7, 11) is -1.52. The van der Waals surface area contributed by atoms with Crippen molar-refractivity contribution < 1.29 is 12.8 Å². The van der Waals surface area contributed by atoms with Crippen molar-refractivity contribution in [3.8, 4) is 0 Å². The molecule has 18 heavy (non-hydrogen) atoms. The molecule has 1 aromatic carbocycles. The molecule has 0 fully saturated rings. The van der Waals surface area contributed by atoms with Gasteiger partial charge in [0.05, 0.1) is 0 Å². The summed E-state index contributed by atoms with van der Waals surface area (Å²) in [5.74, 6) is -0.629. The number of likely N-dealkylation sites (N-methyl/N-ethyl adjacent to an activating group) is 1. The van der Waals surface area contributed by atoms with Gasteiger partial charge in [-0.1, -0.05) is 18.2 Å². The number of rotatable bonds is 2. The lowest BCUT2D eigenvalue weighted by Gasteiger charge is -2.22. The van der Waals surface area contributed by atoms with Crippen LogP contribution in [0.3, 0.4) is 0 Å². The predicted molar refractivity (Wildman–Crippen MR) is 69.6 cm³/mol. The highest BCUT2D eigenvalue weighted by Crippen LogP contribution is 2.27. The lowest BCUT2D eigenvalue weighted by molar-refractivity contribution is 0.369. The van der Waals surface area contributed by atoms with Gasteiger partial charge in [-0.2, -0.15) is 0 Å². The maximum Gasteiger partial charge on any atom is 0.178 e. The zero-order valence-corrected chi connectivity index (χ0v) is 11.3. The van der Waals surface area contributed by atoms with E-state index in [-0.39, 0.29) is 4.90 Å². The summed E-state index contributed by atoms with van der Waals surface area (Å²) in [6.07, 6.45) is 3.72. The number of hydrogen-bond acceptors (Lipinski definition) is 3. The summed E-state index contributed by atoms with van der Waals surface area (Å²) in [5.41, 5.74) is 1.29. The Kier molecular flexibility index (Phi) is 3.54. The van der Waals surface area contributed by atoms with Crippen molar-refractivity contribution in [2.24, 2.45) is 0 Å². The Morgan fingerprint density at radius 3 is 2.61 bits per heavy atom. The molecule has 1 aliphatic rings. The molecule has 2 rings (SSSR count). The summed E-state index contributed by atoms with van der Waals surface area (Å²) in [5, 5.41) is 0. The number of sulfone groups is 1. The van der Waals surface area contributed by atoms with E-state index in [2.05, 4.69) is 4.90 Å². The summed E-state index contributed by atoms with van der Waals surface area (Å²) in [6.45, 7) is 1.62. The van der Waals surface area contributed by atoms with Crippen LogP contribution in [0.5, 0.6) is 0 Å². The van der Waals surface area contributed by atoms with E-state index in [0.717, 1.165) is 31.3 Å². The van der Waals surface area contributed by atoms with Gasteiger partial charge in [0.15, 0.2) is 9.84 Å². The van der Waals surface area contributed by atoms with Crippen molar-refractivity contribution in [2.45, 2.75) is 11.3 Å². The molecular weight excluding hydrogens is 253 g/mol. The fraction of sp³-hybridized carbons (Fsp3) is 0.385. The average Bonchev–Trinajstić information content (AvgIpc) is 2.29. The van der Waals surface area contributed by atoms with Crippen LogP contribution in [0.25, 0.3) is 5.57 Å². The van der Waals surface area contributed by atoms with Gasteiger partial charge < -0.3 is 4.90 Å². The highest BCUT2D eigenvalue weighted by atomic mass is 32.2. The van der Waals surface area contributed by atoms with Crippen LogP contribution >= 0.6 is 0 Å². The number of halogens is 1. The molecule has 0 aliphatic carbocycles. The van der Waals surface area contributed by atoms with Gasteiger partial charge in [-0.05, 0) is 25.1 Å². The Balaban J connectivity index is 2.48. The first-order valence-corrected chi connectivity index (χ1v) is 7.65. The Morgan fingerprint density at radius 2 is 2.06 bits per heavy atom. The third kappa shape index (κ3) is 2.62. The lowest BCUT2D eigenvalue weighted by Crippen LogP contribution is -2.24. The van der Waals surface area contributed by atoms with E-state index < -0.39 is 15.7 Å². The fourth-order valence-corrected chi connectivity index (χ4v) is 2.82. The molecule has 0 N–H and O–H groups in total. The molecule has 1 aromatic rings. The van der Waals surface area contributed by atoms with Gasteiger partial charge in [-0.3, -0.25) is 0 Å². The van der Waals surface area contributed by atoms with E-state index in [1.54, 1.807) is 12.1 Å². The van der Waals surface area contributed by atoms with Crippen molar-refractivity contribution in [2.75, 3.05) is 26.4 Å². The molecule has 0 amide bonds. The minimum absolute atomic E-state index is 0.222. The smallest absolute Gasteiger partial charge is 0.178 e. The number of nitrogens with zero attached hydrogens (tertiary/aromatic N) is 1. The highest BCUT2D eigenvalue weighted by Gasteiger charge is 2.19. The van der Waals surface area contributed by atoms with Crippen molar-refractivity contribution >= 4 is 15.4 Å². The minimum atomic E-state index is -3.52.